The number of carbonyl (C=O) groups is 1. The van der Waals surface area contributed by atoms with Crippen molar-refractivity contribution in [2.75, 3.05) is 25.1 Å². The van der Waals surface area contributed by atoms with Gasteiger partial charge >= 0.3 is 0 Å². The lowest BCUT2D eigenvalue weighted by Crippen LogP contribution is -2.43. The van der Waals surface area contributed by atoms with Gasteiger partial charge in [0.25, 0.3) is 0 Å². The fourth-order valence-corrected chi connectivity index (χ4v) is 5.52. The average Bonchev–Trinajstić information content (AvgIpc) is 3.44. The molecule has 1 saturated heterocycles. The van der Waals surface area contributed by atoms with Crippen LogP contribution in [0.1, 0.15) is 24.1 Å². The zero-order valence-corrected chi connectivity index (χ0v) is 20.7. The molecule has 4 aromatic rings. The summed E-state index contributed by atoms with van der Waals surface area (Å²) in [5, 5.41) is 9.36. The largest absolute Gasteiger partial charge is 0.497 e. The van der Waals surface area contributed by atoms with Crippen molar-refractivity contribution in [1.29, 1.82) is 0 Å². The molecule has 1 N–H and O–H groups in total. The number of piperidine rings is 1. The lowest BCUT2D eigenvalue weighted by atomic mass is 9.97. The molecule has 1 atom stereocenters. The molecular formula is C25H26ClN5O2S. The van der Waals surface area contributed by atoms with Crippen LogP contribution in [0, 0.1) is 12.8 Å². The molecular weight excluding hydrogens is 470 g/mol. The van der Waals surface area contributed by atoms with Gasteiger partial charge in [-0.25, -0.2) is 4.68 Å². The number of aryl methyl sites for hydroxylation is 1. The number of rotatable bonds is 6. The monoisotopic (exact) mass is 495 g/mol. The van der Waals surface area contributed by atoms with Crippen molar-refractivity contribution in [3.05, 3.63) is 64.8 Å². The van der Waals surface area contributed by atoms with E-state index >= 15 is 0 Å². The van der Waals surface area contributed by atoms with Gasteiger partial charge < -0.3 is 15.0 Å². The lowest BCUT2D eigenvalue weighted by molar-refractivity contribution is -0.125. The molecule has 3 heterocycles. The summed E-state index contributed by atoms with van der Waals surface area (Å²) in [5.74, 6) is 0.781. The van der Waals surface area contributed by atoms with Gasteiger partial charge in [0.05, 0.1) is 29.1 Å². The molecule has 7 nitrogen and oxygen atoms in total. The van der Waals surface area contributed by atoms with Gasteiger partial charge in [0, 0.05) is 24.7 Å². The summed E-state index contributed by atoms with van der Waals surface area (Å²) in [4.78, 5) is 20.1. The molecule has 1 aliphatic heterocycles. The highest BCUT2D eigenvalue weighted by atomic mass is 35.5. The minimum Gasteiger partial charge on any atom is -0.497 e. The SMILES string of the molecule is COc1ccc(-n2nc(C)c3sc(N4CCCC(C(=O)NCc5ccccc5Cl)C4)nc32)cc1. The number of fused-ring (bicyclic) bond motifs is 1. The fourth-order valence-electron chi connectivity index (χ4n) is 4.30. The number of methoxy groups -OCH3 is 1. The van der Waals surface area contributed by atoms with Gasteiger partial charge in [0.2, 0.25) is 5.91 Å². The molecule has 0 aliphatic carbocycles. The number of anilines is 1. The van der Waals surface area contributed by atoms with Crippen molar-refractivity contribution in [2.24, 2.45) is 5.92 Å². The van der Waals surface area contributed by atoms with Gasteiger partial charge in [0.1, 0.15) is 5.75 Å². The van der Waals surface area contributed by atoms with E-state index in [1.54, 1.807) is 18.4 Å². The fraction of sp³-hybridized carbons (Fsp3) is 0.320. The Morgan fingerprint density at radius 1 is 1.24 bits per heavy atom. The Kier molecular flexibility index (Phi) is 6.43. The maximum atomic E-state index is 12.9. The smallest absolute Gasteiger partial charge is 0.225 e. The van der Waals surface area contributed by atoms with Gasteiger partial charge in [0.15, 0.2) is 10.8 Å². The minimum absolute atomic E-state index is 0.0614. The van der Waals surface area contributed by atoms with Gasteiger partial charge in [-0.3, -0.25) is 4.79 Å². The zero-order valence-electron chi connectivity index (χ0n) is 19.1. The van der Waals surface area contributed by atoms with Gasteiger partial charge in [-0.15, -0.1) is 0 Å². The molecule has 176 valence electrons. The summed E-state index contributed by atoms with van der Waals surface area (Å²) in [7, 11) is 1.65. The second-order valence-electron chi connectivity index (χ2n) is 8.44. The van der Waals surface area contributed by atoms with Crippen LogP contribution >= 0.6 is 22.9 Å². The Morgan fingerprint density at radius 2 is 2.03 bits per heavy atom. The summed E-state index contributed by atoms with van der Waals surface area (Å²) in [5.41, 5.74) is 3.65. The second-order valence-corrected chi connectivity index (χ2v) is 9.82. The number of halogens is 1. The predicted molar refractivity (Wildman–Crippen MR) is 136 cm³/mol. The first-order valence-corrected chi connectivity index (χ1v) is 12.5. The van der Waals surface area contributed by atoms with Crippen LogP contribution in [0.2, 0.25) is 5.02 Å². The third-order valence-electron chi connectivity index (χ3n) is 6.17. The van der Waals surface area contributed by atoms with Crippen LogP contribution < -0.4 is 15.0 Å². The molecule has 9 heteroatoms. The van der Waals surface area contributed by atoms with Crippen LogP contribution in [-0.2, 0) is 11.3 Å². The van der Waals surface area contributed by atoms with Crippen molar-refractivity contribution in [1.82, 2.24) is 20.1 Å². The molecule has 1 amide bonds. The number of benzene rings is 2. The quantitative estimate of drug-likeness (QED) is 0.408. The highest BCUT2D eigenvalue weighted by Gasteiger charge is 2.28. The molecule has 1 fully saturated rings. The number of nitrogens with zero attached hydrogens (tertiary/aromatic N) is 4. The first kappa shape index (κ1) is 22.7. The van der Waals surface area contributed by atoms with E-state index in [1.807, 2.05) is 60.1 Å². The van der Waals surface area contributed by atoms with Crippen LogP contribution in [-0.4, -0.2) is 40.9 Å². The Labute approximate surface area is 207 Å². The molecule has 5 rings (SSSR count). The van der Waals surface area contributed by atoms with Crippen LogP contribution in [0.5, 0.6) is 5.75 Å². The number of carbonyl (C=O) groups excluding carboxylic acids is 1. The predicted octanol–water partition coefficient (Wildman–Crippen LogP) is 4.99. The lowest BCUT2D eigenvalue weighted by Gasteiger charge is -2.31. The molecule has 0 saturated carbocycles. The third kappa shape index (κ3) is 4.48. The van der Waals surface area contributed by atoms with Crippen LogP contribution in [0.3, 0.4) is 0 Å². The van der Waals surface area contributed by atoms with Crippen molar-refractivity contribution in [2.45, 2.75) is 26.3 Å². The highest BCUT2D eigenvalue weighted by molar-refractivity contribution is 7.22. The summed E-state index contributed by atoms with van der Waals surface area (Å²) < 4.78 is 8.21. The average molecular weight is 496 g/mol. The van der Waals surface area contributed by atoms with Crippen molar-refractivity contribution >= 4 is 44.3 Å². The Hall–Kier alpha value is -3.10. The number of amides is 1. The van der Waals surface area contributed by atoms with Crippen LogP contribution in [0.25, 0.3) is 16.0 Å². The number of ether oxygens (including phenoxy) is 1. The first-order valence-electron chi connectivity index (χ1n) is 11.3. The molecule has 0 spiro atoms. The van der Waals surface area contributed by atoms with Crippen LogP contribution in [0.4, 0.5) is 5.13 Å². The van der Waals surface area contributed by atoms with Crippen molar-refractivity contribution in [3.63, 3.8) is 0 Å². The third-order valence-corrected chi connectivity index (χ3v) is 7.75. The Bertz CT molecular complexity index is 1320. The normalized spacial score (nSPS) is 16.1. The summed E-state index contributed by atoms with van der Waals surface area (Å²) in [6.07, 6.45) is 1.82. The van der Waals surface area contributed by atoms with E-state index < -0.39 is 0 Å². The molecule has 2 aromatic heterocycles. The summed E-state index contributed by atoms with van der Waals surface area (Å²) in [6.45, 7) is 3.98. The van der Waals surface area contributed by atoms with Crippen molar-refractivity contribution in [3.8, 4) is 11.4 Å². The number of hydrogen-bond donors (Lipinski definition) is 1. The van der Waals surface area contributed by atoms with Crippen LogP contribution in [0.15, 0.2) is 48.5 Å². The summed E-state index contributed by atoms with van der Waals surface area (Å²) >= 11 is 7.87. The minimum atomic E-state index is -0.0811. The standard InChI is InChI=1S/C25H26ClN5O2S/c1-16-22-23(31(29-16)19-9-11-20(33-2)12-10-19)28-25(34-22)30-13-5-7-18(15-30)24(32)27-14-17-6-3-4-8-21(17)26/h3-4,6,8-12,18H,5,7,13-15H2,1-2H3,(H,27,32). The molecule has 1 unspecified atom stereocenters. The van der Waals surface area contributed by atoms with Gasteiger partial charge in [-0.05, 0) is 55.7 Å². The van der Waals surface area contributed by atoms with Gasteiger partial charge in [-0.2, -0.15) is 10.1 Å². The topological polar surface area (TPSA) is 72.3 Å². The van der Waals surface area contributed by atoms with E-state index in [4.69, 9.17) is 26.4 Å². The van der Waals surface area contributed by atoms with E-state index in [2.05, 4.69) is 10.2 Å². The first-order chi connectivity index (χ1) is 16.5. The van der Waals surface area contributed by atoms with E-state index in [9.17, 15) is 4.79 Å². The van der Waals surface area contributed by atoms with E-state index in [0.29, 0.717) is 18.1 Å². The second kappa shape index (κ2) is 9.64. The van der Waals surface area contributed by atoms with E-state index in [0.717, 1.165) is 57.6 Å². The van der Waals surface area contributed by atoms with E-state index in [1.165, 1.54) is 0 Å². The van der Waals surface area contributed by atoms with E-state index in [-0.39, 0.29) is 11.8 Å². The maximum Gasteiger partial charge on any atom is 0.225 e. The Morgan fingerprint density at radius 3 is 2.79 bits per heavy atom. The molecule has 0 radical (unpaired) electrons. The molecule has 1 aliphatic rings. The number of hydrogen-bond acceptors (Lipinski definition) is 6. The highest BCUT2D eigenvalue weighted by Crippen LogP contribution is 2.34. The number of thiazole rings is 1. The molecule has 34 heavy (non-hydrogen) atoms. The zero-order chi connectivity index (χ0) is 23.7. The maximum absolute atomic E-state index is 12.9. The summed E-state index contributed by atoms with van der Waals surface area (Å²) in [6, 6.07) is 15.4. The molecule has 2 aromatic carbocycles. The van der Waals surface area contributed by atoms with Gasteiger partial charge in [-0.1, -0.05) is 41.1 Å². The number of nitrogens with one attached hydrogen (secondary N) is 1. The van der Waals surface area contributed by atoms with Crippen molar-refractivity contribution < 1.29 is 9.53 Å². The molecule has 0 bridgehead atoms. The number of aromatic nitrogens is 3. The Balaban J connectivity index is 1.32.